The van der Waals surface area contributed by atoms with Crippen molar-refractivity contribution in [2.45, 2.75) is 6.92 Å². The molecule has 28 heavy (non-hydrogen) atoms. The van der Waals surface area contributed by atoms with Gasteiger partial charge in [-0.05, 0) is 43.7 Å². The van der Waals surface area contributed by atoms with Crippen molar-refractivity contribution in [2.75, 3.05) is 0 Å². The fourth-order valence-corrected chi connectivity index (χ4v) is 5.53. The van der Waals surface area contributed by atoms with Crippen LogP contribution in [-0.2, 0) is 0 Å². The van der Waals surface area contributed by atoms with E-state index in [0.29, 0.717) is 0 Å². The van der Waals surface area contributed by atoms with Crippen LogP contribution in [0.5, 0.6) is 0 Å². The molecule has 0 N–H and O–H groups in total. The highest BCUT2D eigenvalue weighted by Crippen LogP contribution is 2.33. The Bertz CT molecular complexity index is 1060. The van der Waals surface area contributed by atoms with Crippen molar-refractivity contribution in [3.63, 3.8) is 0 Å². The molecule has 0 spiro atoms. The van der Waals surface area contributed by atoms with E-state index in [-0.39, 0.29) is 0 Å². The summed E-state index contributed by atoms with van der Waals surface area (Å²) in [5.41, 5.74) is 3.40. The van der Waals surface area contributed by atoms with E-state index in [1.54, 1.807) is 0 Å². The average Bonchev–Trinajstić information content (AvgIpc) is 2.76. The predicted octanol–water partition coefficient (Wildman–Crippen LogP) is 5.15. The Balaban J connectivity index is 1.81. The van der Waals surface area contributed by atoms with E-state index in [1.165, 1.54) is 21.5 Å². The summed E-state index contributed by atoms with van der Waals surface area (Å²) < 4.78 is 0. The van der Waals surface area contributed by atoms with E-state index in [9.17, 15) is 0 Å². The van der Waals surface area contributed by atoms with Crippen molar-refractivity contribution < 1.29 is 0 Å². The van der Waals surface area contributed by atoms with Gasteiger partial charge >= 0.3 is 0 Å². The molecule has 0 unspecified atom stereocenters. The molecule has 4 aromatic rings. The first-order valence-corrected chi connectivity index (χ1v) is 10.7. The van der Waals surface area contributed by atoms with Crippen molar-refractivity contribution in [1.82, 2.24) is 0 Å². The summed E-state index contributed by atoms with van der Waals surface area (Å²) in [6, 6.07) is 38.5. The van der Waals surface area contributed by atoms with Gasteiger partial charge in [-0.3, -0.25) is 0 Å². The van der Waals surface area contributed by atoms with Crippen LogP contribution in [0.4, 0.5) is 0 Å². The first-order chi connectivity index (χ1) is 13.8. The molecule has 134 valence electrons. The van der Waals surface area contributed by atoms with Crippen LogP contribution in [-0.4, -0.2) is 0 Å². The Morgan fingerprint density at radius 3 is 1.68 bits per heavy atom. The minimum absolute atomic E-state index is 0.655. The molecule has 0 radical (unpaired) electrons. The topological polar surface area (TPSA) is 0 Å². The molecule has 0 aromatic heterocycles. The minimum Gasteiger partial charge on any atom is -0.0622 e. The summed E-state index contributed by atoms with van der Waals surface area (Å²) in [5, 5.41) is 3.98. The lowest BCUT2D eigenvalue weighted by atomic mass is 10.1. The van der Waals surface area contributed by atoms with E-state index in [1.807, 2.05) is 0 Å². The highest BCUT2D eigenvalue weighted by molar-refractivity contribution is 7.79. The zero-order valence-corrected chi connectivity index (χ0v) is 16.7. The van der Waals surface area contributed by atoms with Gasteiger partial charge < -0.3 is 0 Å². The fraction of sp³-hybridized carbons (Fsp3) is 0.0370. The van der Waals surface area contributed by atoms with Gasteiger partial charge in [0, 0.05) is 16.4 Å². The highest BCUT2D eigenvalue weighted by atomic mass is 31.1. The number of benzene rings is 4. The van der Waals surface area contributed by atoms with E-state index in [0.717, 1.165) is 11.1 Å². The second-order valence-electron chi connectivity index (χ2n) is 6.64. The molecule has 0 nitrogen and oxygen atoms in total. The monoisotopic (exact) mass is 376 g/mol. The van der Waals surface area contributed by atoms with E-state index < -0.39 is 7.92 Å². The normalized spacial score (nSPS) is 10.4. The molecule has 0 bridgehead atoms. The molecular formula is C27H21P. The van der Waals surface area contributed by atoms with Crippen LogP contribution in [0.15, 0.2) is 109 Å². The molecule has 0 atom stereocenters. The van der Waals surface area contributed by atoms with Gasteiger partial charge in [0.2, 0.25) is 0 Å². The second-order valence-corrected chi connectivity index (χ2v) is 8.83. The number of hydrogen-bond acceptors (Lipinski definition) is 0. The minimum atomic E-state index is -0.655. The molecule has 0 aliphatic carbocycles. The molecule has 0 amide bonds. The number of aryl methyl sites for hydroxylation is 1. The molecule has 0 saturated heterocycles. The van der Waals surface area contributed by atoms with Crippen molar-refractivity contribution in [3.8, 4) is 11.8 Å². The van der Waals surface area contributed by atoms with Crippen molar-refractivity contribution in [3.05, 3.63) is 126 Å². The molecule has 4 aromatic carbocycles. The number of rotatable bonds is 3. The van der Waals surface area contributed by atoms with Gasteiger partial charge in [0.1, 0.15) is 0 Å². The van der Waals surface area contributed by atoms with E-state index in [2.05, 4.69) is 128 Å². The van der Waals surface area contributed by atoms with Crippen LogP contribution in [0.3, 0.4) is 0 Å². The predicted molar refractivity (Wildman–Crippen MR) is 122 cm³/mol. The summed E-state index contributed by atoms with van der Waals surface area (Å²) >= 11 is 0. The van der Waals surface area contributed by atoms with Crippen molar-refractivity contribution >= 4 is 23.8 Å². The molecule has 0 heterocycles. The maximum absolute atomic E-state index is 3.44. The van der Waals surface area contributed by atoms with Crippen molar-refractivity contribution in [2.24, 2.45) is 0 Å². The van der Waals surface area contributed by atoms with E-state index >= 15 is 0 Å². The molecular weight excluding hydrogens is 355 g/mol. The molecule has 0 aliphatic heterocycles. The van der Waals surface area contributed by atoms with Crippen LogP contribution in [0, 0.1) is 18.8 Å². The van der Waals surface area contributed by atoms with Crippen LogP contribution in [0.25, 0.3) is 0 Å². The van der Waals surface area contributed by atoms with Gasteiger partial charge in [0.15, 0.2) is 0 Å². The van der Waals surface area contributed by atoms with Gasteiger partial charge in [-0.2, -0.15) is 0 Å². The largest absolute Gasteiger partial charge is 0.0622 e. The second kappa shape index (κ2) is 8.71. The third kappa shape index (κ3) is 4.23. The first kappa shape index (κ1) is 18.2. The van der Waals surface area contributed by atoms with Gasteiger partial charge in [-0.25, -0.2) is 0 Å². The molecule has 4 rings (SSSR count). The standard InChI is InChI=1S/C27H21P/c1-22-16-18-23(19-17-22)20-21-24-10-8-9-15-27(24)28(25-11-4-2-5-12-25)26-13-6-3-7-14-26/h2-19H,1H3. The number of hydrogen-bond donors (Lipinski definition) is 0. The third-order valence-corrected chi connectivity index (χ3v) is 7.07. The lowest BCUT2D eigenvalue weighted by molar-refractivity contribution is 1.46. The van der Waals surface area contributed by atoms with E-state index in [4.69, 9.17) is 0 Å². The third-order valence-electron chi connectivity index (χ3n) is 4.57. The maximum Gasteiger partial charge on any atom is 0.0332 e. The Morgan fingerprint density at radius 2 is 1.07 bits per heavy atom. The van der Waals surface area contributed by atoms with Gasteiger partial charge in [0.05, 0.1) is 0 Å². The van der Waals surface area contributed by atoms with Crippen LogP contribution >= 0.6 is 7.92 Å². The summed E-state index contributed by atoms with van der Waals surface area (Å²) in [6.07, 6.45) is 0. The van der Waals surface area contributed by atoms with Crippen molar-refractivity contribution in [1.29, 1.82) is 0 Å². The highest BCUT2D eigenvalue weighted by Gasteiger charge is 2.18. The first-order valence-electron chi connectivity index (χ1n) is 9.39. The molecule has 0 aliphatic rings. The van der Waals surface area contributed by atoms with Crippen LogP contribution in [0.1, 0.15) is 16.7 Å². The zero-order valence-electron chi connectivity index (χ0n) is 15.8. The average molecular weight is 376 g/mol. The maximum atomic E-state index is 3.44. The Hall–Kier alpha value is -3.13. The quantitative estimate of drug-likeness (QED) is 0.343. The lowest BCUT2D eigenvalue weighted by Gasteiger charge is -2.20. The molecule has 0 saturated carbocycles. The van der Waals surface area contributed by atoms with Crippen LogP contribution in [0.2, 0.25) is 0 Å². The summed E-state index contributed by atoms with van der Waals surface area (Å²) in [6.45, 7) is 2.10. The van der Waals surface area contributed by atoms with Gasteiger partial charge in [-0.1, -0.05) is 108 Å². The summed E-state index contributed by atoms with van der Waals surface area (Å²) in [7, 11) is -0.655. The van der Waals surface area contributed by atoms with Crippen LogP contribution < -0.4 is 15.9 Å². The lowest BCUT2D eigenvalue weighted by Crippen LogP contribution is -2.22. The Kier molecular flexibility index (Phi) is 5.67. The molecule has 0 fully saturated rings. The Morgan fingerprint density at radius 1 is 0.536 bits per heavy atom. The fourth-order valence-electron chi connectivity index (χ4n) is 3.13. The summed E-state index contributed by atoms with van der Waals surface area (Å²) in [5.74, 6) is 6.78. The molecule has 1 heteroatoms. The Labute approximate surface area is 168 Å². The smallest absolute Gasteiger partial charge is 0.0332 e. The summed E-state index contributed by atoms with van der Waals surface area (Å²) in [4.78, 5) is 0. The SMILES string of the molecule is Cc1ccc(C#Cc2ccccc2P(c2ccccc2)c2ccccc2)cc1. The van der Waals surface area contributed by atoms with Gasteiger partial charge in [0.25, 0.3) is 0 Å². The zero-order chi connectivity index (χ0) is 19.2. The van der Waals surface area contributed by atoms with Gasteiger partial charge in [-0.15, -0.1) is 0 Å².